The molecule has 174 valence electrons. The predicted octanol–water partition coefficient (Wildman–Crippen LogP) is 7.09. The molecular weight excluding hydrogens is 368 g/mol. The predicted molar refractivity (Wildman–Crippen MR) is 125 cm³/mol. The van der Waals surface area contributed by atoms with E-state index in [1.54, 1.807) is 0 Å². The Kier molecular flexibility index (Phi) is 6.69. The Morgan fingerprint density at radius 1 is 0.867 bits per heavy atom. The van der Waals surface area contributed by atoms with Crippen LogP contribution in [0.25, 0.3) is 0 Å². The lowest BCUT2D eigenvalue weighted by atomic mass is 9.44. The molecule has 0 saturated heterocycles. The quantitative estimate of drug-likeness (QED) is 0.499. The van der Waals surface area contributed by atoms with Crippen molar-refractivity contribution in [3.05, 3.63) is 0 Å². The topological polar surface area (TPSA) is 29.5 Å². The maximum atomic E-state index is 10.3. The van der Waals surface area contributed by atoms with E-state index in [9.17, 15) is 5.11 Å². The van der Waals surface area contributed by atoms with E-state index < -0.39 is 0 Å². The summed E-state index contributed by atoms with van der Waals surface area (Å²) in [5.41, 5.74) is 1.13. The van der Waals surface area contributed by atoms with Crippen molar-refractivity contribution >= 4 is 0 Å². The van der Waals surface area contributed by atoms with Crippen molar-refractivity contribution in [1.82, 2.24) is 0 Å². The van der Waals surface area contributed by atoms with Crippen molar-refractivity contribution < 1.29 is 9.84 Å². The Morgan fingerprint density at radius 2 is 1.57 bits per heavy atom. The molecule has 0 aromatic rings. The summed E-state index contributed by atoms with van der Waals surface area (Å²) in [5, 5.41) is 10.3. The average molecular weight is 419 g/mol. The minimum atomic E-state index is -0.120. The van der Waals surface area contributed by atoms with Crippen LogP contribution in [0.1, 0.15) is 105 Å². The summed E-state index contributed by atoms with van der Waals surface area (Å²) in [7, 11) is 1.92. The molecule has 30 heavy (non-hydrogen) atoms. The SMILES string of the molecule is CO[C@H]1CC[C@@]2(C)[C@H](CC[C@@H]3[C@@H]2CC[C@]2(C)[C@@H]([C@H](C)CC[C@@H](O)C(C)C)CC[C@@H]32)C1. The van der Waals surface area contributed by atoms with Gasteiger partial charge in [0.25, 0.3) is 0 Å². The Hall–Kier alpha value is -0.0800. The standard InChI is InChI=1S/C28H50O2/c1-18(2)26(29)12-7-19(3)23-10-11-24-22-9-8-20-17-21(30-6)13-15-27(20,4)25(22)14-16-28(23,24)5/h18-26,29H,7-17H2,1-6H3/t19-,20-,21+,22+,23-,24+,25+,26-,27+,28-/m1/s1. The first-order chi connectivity index (χ1) is 14.2. The lowest BCUT2D eigenvalue weighted by Crippen LogP contribution is -2.54. The second kappa shape index (κ2) is 8.69. The molecule has 2 nitrogen and oxygen atoms in total. The van der Waals surface area contributed by atoms with Crippen molar-refractivity contribution in [3.8, 4) is 0 Å². The summed E-state index contributed by atoms with van der Waals surface area (Å²) in [6.45, 7) is 12.2. The number of fused-ring (bicyclic) bond motifs is 5. The smallest absolute Gasteiger partial charge is 0.0574 e. The highest BCUT2D eigenvalue weighted by Gasteiger charge is 2.60. The number of methoxy groups -OCH3 is 1. The Labute approximate surface area is 186 Å². The lowest BCUT2D eigenvalue weighted by molar-refractivity contribution is -0.133. The zero-order valence-electron chi connectivity index (χ0n) is 20.8. The molecule has 2 heteroatoms. The van der Waals surface area contributed by atoms with E-state index >= 15 is 0 Å². The van der Waals surface area contributed by atoms with E-state index in [1.165, 1.54) is 64.2 Å². The molecule has 0 unspecified atom stereocenters. The molecule has 10 atom stereocenters. The van der Waals surface area contributed by atoms with E-state index in [1.807, 2.05) is 7.11 Å². The number of aliphatic hydroxyl groups is 1. The van der Waals surface area contributed by atoms with Gasteiger partial charge in [-0.1, -0.05) is 34.6 Å². The van der Waals surface area contributed by atoms with Gasteiger partial charge in [0.15, 0.2) is 0 Å². The summed E-state index contributed by atoms with van der Waals surface area (Å²) in [6.07, 6.45) is 15.4. The van der Waals surface area contributed by atoms with Crippen molar-refractivity contribution in [2.24, 2.45) is 52.3 Å². The van der Waals surface area contributed by atoms with Gasteiger partial charge in [-0.25, -0.2) is 0 Å². The second-order valence-electron chi connectivity index (χ2n) is 12.9. The molecule has 0 radical (unpaired) electrons. The van der Waals surface area contributed by atoms with Gasteiger partial charge in [0, 0.05) is 7.11 Å². The number of rotatable bonds is 6. The first-order valence-electron chi connectivity index (χ1n) is 13.4. The van der Waals surface area contributed by atoms with Gasteiger partial charge in [0.2, 0.25) is 0 Å². The first kappa shape index (κ1) is 23.1. The number of hydrogen-bond donors (Lipinski definition) is 1. The molecule has 4 rings (SSSR count). The summed E-state index contributed by atoms with van der Waals surface area (Å²) in [6, 6.07) is 0. The average Bonchev–Trinajstić information content (AvgIpc) is 3.08. The van der Waals surface area contributed by atoms with Crippen LogP contribution in [-0.2, 0) is 4.74 Å². The fourth-order valence-electron chi connectivity index (χ4n) is 9.38. The molecule has 0 amide bonds. The van der Waals surface area contributed by atoms with E-state index in [0.29, 0.717) is 22.9 Å². The normalized spacial score (nSPS) is 48.0. The van der Waals surface area contributed by atoms with Gasteiger partial charge in [-0.05, 0) is 123 Å². The van der Waals surface area contributed by atoms with Crippen molar-refractivity contribution in [2.45, 2.75) is 117 Å². The number of ether oxygens (including phenoxy) is 1. The van der Waals surface area contributed by atoms with Crippen LogP contribution in [-0.4, -0.2) is 24.4 Å². The van der Waals surface area contributed by atoms with Crippen LogP contribution in [0, 0.1) is 52.3 Å². The molecule has 0 aliphatic heterocycles. The van der Waals surface area contributed by atoms with E-state index in [-0.39, 0.29) is 6.10 Å². The zero-order valence-corrected chi connectivity index (χ0v) is 20.8. The molecule has 4 aliphatic rings. The van der Waals surface area contributed by atoms with Crippen LogP contribution >= 0.6 is 0 Å². The van der Waals surface area contributed by atoms with Gasteiger partial charge in [0.1, 0.15) is 0 Å². The third-order valence-corrected chi connectivity index (χ3v) is 11.4. The molecule has 4 fully saturated rings. The van der Waals surface area contributed by atoms with Crippen LogP contribution in [0.2, 0.25) is 0 Å². The third-order valence-electron chi connectivity index (χ3n) is 11.4. The minimum absolute atomic E-state index is 0.120. The van der Waals surface area contributed by atoms with Crippen molar-refractivity contribution in [3.63, 3.8) is 0 Å². The van der Waals surface area contributed by atoms with Crippen LogP contribution in [0.4, 0.5) is 0 Å². The van der Waals surface area contributed by atoms with Crippen LogP contribution in [0.15, 0.2) is 0 Å². The monoisotopic (exact) mass is 418 g/mol. The second-order valence-corrected chi connectivity index (χ2v) is 12.9. The zero-order chi connectivity index (χ0) is 21.7. The third kappa shape index (κ3) is 3.81. The molecule has 1 N–H and O–H groups in total. The summed E-state index contributed by atoms with van der Waals surface area (Å²) >= 11 is 0. The Bertz CT molecular complexity index is 587. The van der Waals surface area contributed by atoms with E-state index in [2.05, 4.69) is 34.6 Å². The number of aliphatic hydroxyl groups excluding tert-OH is 1. The Morgan fingerprint density at radius 3 is 2.27 bits per heavy atom. The summed E-state index contributed by atoms with van der Waals surface area (Å²) in [4.78, 5) is 0. The highest BCUT2D eigenvalue weighted by molar-refractivity contribution is 5.09. The van der Waals surface area contributed by atoms with Gasteiger partial charge >= 0.3 is 0 Å². The fraction of sp³-hybridized carbons (Fsp3) is 1.00. The molecule has 0 heterocycles. The lowest BCUT2D eigenvalue weighted by Gasteiger charge is -2.61. The first-order valence-corrected chi connectivity index (χ1v) is 13.4. The van der Waals surface area contributed by atoms with E-state index in [4.69, 9.17) is 4.74 Å². The maximum Gasteiger partial charge on any atom is 0.0574 e. The van der Waals surface area contributed by atoms with Crippen LogP contribution < -0.4 is 0 Å². The van der Waals surface area contributed by atoms with Crippen LogP contribution in [0.3, 0.4) is 0 Å². The highest BCUT2D eigenvalue weighted by Crippen LogP contribution is 2.68. The molecule has 0 aromatic carbocycles. The van der Waals surface area contributed by atoms with Gasteiger partial charge < -0.3 is 9.84 Å². The highest BCUT2D eigenvalue weighted by atomic mass is 16.5. The number of hydrogen-bond acceptors (Lipinski definition) is 2. The van der Waals surface area contributed by atoms with E-state index in [0.717, 1.165) is 41.9 Å². The molecule has 0 spiro atoms. The molecular formula is C28H50O2. The van der Waals surface area contributed by atoms with Gasteiger partial charge in [-0.3, -0.25) is 0 Å². The molecule has 4 aliphatic carbocycles. The van der Waals surface area contributed by atoms with Gasteiger partial charge in [0.05, 0.1) is 12.2 Å². The summed E-state index contributed by atoms with van der Waals surface area (Å²) < 4.78 is 5.78. The fourth-order valence-corrected chi connectivity index (χ4v) is 9.38. The van der Waals surface area contributed by atoms with Gasteiger partial charge in [-0.15, -0.1) is 0 Å². The molecule has 4 saturated carbocycles. The largest absolute Gasteiger partial charge is 0.393 e. The summed E-state index contributed by atoms with van der Waals surface area (Å²) in [5.74, 6) is 5.81. The molecule has 0 bridgehead atoms. The molecule has 0 aromatic heterocycles. The Balaban J connectivity index is 1.45. The van der Waals surface area contributed by atoms with Crippen molar-refractivity contribution in [2.75, 3.05) is 7.11 Å². The van der Waals surface area contributed by atoms with Crippen molar-refractivity contribution in [1.29, 1.82) is 0 Å². The maximum absolute atomic E-state index is 10.3. The minimum Gasteiger partial charge on any atom is -0.393 e. The van der Waals surface area contributed by atoms with Crippen LogP contribution in [0.5, 0.6) is 0 Å². The van der Waals surface area contributed by atoms with Gasteiger partial charge in [-0.2, -0.15) is 0 Å².